The van der Waals surface area contributed by atoms with Crippen molar-refractivity contribution in [3.63, 3.8) is 0 Å². The summed E-state index contributed by atoms with van der Waals surface area (Å²) in [6.07, 6.45) is 3.38. The Labute approximate surface area is 117 Å². The molecule has 0 aromatic carbocycles. The van der Waals surface area contributed by atoms with Crippen molar-refractivity contribution in [2.24, 2.45) is 11.3 Å². The summed E-state index contributed by atoms with van der Waals surface area (Å²) in [7, 11) is 0. The molecule has 1 aliphatic rings. The van der Waals surface area contributed by atoms with Crippen LogP contribution in [0.3, 0.4) is 0 Å². The molecule has 1 aliphatic carbocycles. The molecule has 1 atom stereocenters. The lowest BCUT2D eigenvalue weighted by Gasteiger charge is -2.25. The highest BCUT2D eigenvalue weighted by Gasteiger charge is 2.40. The van der Waals surface area contributed by atoms with Crippen LogP contribution < -0.4 is 0 Å². The van der Waals surface area contributed by atoms with E-state index in [0.717, 1.165) is 26.0 Å². The van der Waals surface area contributed by atoms with Crippen molar-refractivity contribution < 1.29 is 4.79 Å². The molecule has 1 aromatic rings. The van der Waals surface area contributed by atoms with Crippen LogP contribution in [0.2, 0.25) is 0 Å². The number of rotatable bonds is 2. The Morgan fingerprint density at radius 1 is 1.50 bits per heavy atom. The van der Waals surface area contributed by atoms with Crippen LogP contribution in [0.1, 0.15) is 42.8 Å². The number of carbonyl (C=O) groups is 1. The van der Waals surface area contributed by atoms with E-state index in [0.29, 0.717) is 5.78 Å². The summed E-state index contributed by atoms with van der Waals surface area (Å²) in [5, 5.41) is 0. The second-order valence-corrected chi connectivity index (χ2v) is 8.25. The van der Waals surface area contributed by atoms with Gasteiger partial charge in [-0.2, -0.15) is 0 Å². The quantitative estimate of drug-likeness (QED) is 0.651. The highest BCUT2D eigenvalue weighted by Crippen LogP contribution is 2.45. The monoisotopic (exact) mass is 364 g/mol. The highest BCUT2D eigenvalue weighted by atomic mass is 79.9. The summed E-state index contributed by atoms with van der Waals surface area (Å²) in [6, 6.07) is 1.94. The Morgan fingerprint density at radius 2 is 2.19 bits per heavy atom. The van der Waals surface area contributed by atoms with Crippen LogP contribution in [0.4, 0.5) is 0 Å². The molecule has 1 aromatic heterocycles. The molecule has 0 N–H and O–H groups in total. The van der Waals surface area contributed by atoms with Crippen molar-refractivity contribution in [3.05, 3.63) is 19.2 Å². The summed E-state index contributed by atoms with van der Waals surface area (Å²) in [5.74, 6) is 0.517. The van der Waals surface area contributed by atoms with E-state index in [1.54, 1.807) is 0 Å². The van der Waals surface area contributed by atoms with E-state index in [2.05, 4.69) is 45.7 Å². The van der Waals surface area contributed by atoms with Crippen LogP contribution in [0, 0.1) is 11.3 Å². The SMILES string of the molecule is CC1(C)CCCC1C(=O)c1cc(Br)c(Br)s1. The van der Waals surface area contributed by atoms with Crippen LogP contribution in [0.15, 0.2) is 14.3 Å². The van der Waals surface area contributed by atoms with Crippen molar-refractivity contribution in [1.29, 1.82) is 0 Å². The first-order valence-corrected chi connectivity index (χ1v) is 7.81. The van der Waals surface area contributed by atoms with Gasteiger partial charge in [-0.3, -0.25) is 4.79 Å². The second kappa shape index (κ2) is 4.54. The molecule has 1 saturated carbocycles. The summed E-state index contributed by atoms with van der Waals surface area (Å²) in [4.78, 5) is 13.3. The molecule has 1 unspecified atom stereocenters. The number of Topliss-reactive ketones (excluding diaryl/α,β-unsaturated/α-hetero) is 1. The molecule has 0 spiro atoms. The van der Waals surface area contributed by atoms with E-state index in [1.807, 2.05) is 6.07 Å². The maximum atomic E-state index is 12.4. The number of thiophene rings is 1. The summed E-state index contributed by atoms with van der Waals surface area (Å²) < 4.78 is 1.99. The molecule has 88 valence electrons. The van der Waals surface area contributed by atoms with Gasteiger partial charge in [-0.15, -0.1) is 11.3 Å². The molecule has 0 saturated heterocycles. The third-order valence-electron chi connectivity index (χ3n) is 3.46. The van der Waals surface area contributed by atoms with Crippen molar-refractivity contribution in [2.45, 2.75) is 33.1 Å². The van der Waals surface area contributed by atoms with Crippen LogP contribution in [0.5, 0.6) is 0 Å². The fraction of sp³-hybridized carbons (Fsp3) is 0.583. The van der Waals surface area contributed by atoms with Gasteiger partial charge < -0.3 is 0 Å². The highest BCUT2D eigenvalue weighted by molar-refractivity contribution is 9.13. The van der Waals surface area contributed by atoms with Crippen molar-refractivity contribution in [3.8, 4) is 0 Å². The van der Waals surface area contributed by atoms with Gasteiger partial charge in [0.15, 0.2) is 5.78 Å². The van der Waals surface area contributed by atoms with Gasteiger partial charge in [-0.05, 0) is 56.2 Å². The lowest BCUT2D eigenvalue weighted by atomic mass is 9.79. The summed E-state index contributed by atoms with van der Waals surface area (Å²) in [5.41, 5.74) is 0.167. The molecular weight excluding hydrogens is 352 g/mol. The van der Waals surface area contributed by atoms with Gasteiger partial charge >= 0.3 is 0 Å². The summed E-state index contributed by atoms with van der Waals surface area (Å²) >= 11 is 8.40. The molecule has 2 rings (SSSR count). The summed E-state index contributed by atoms with van der Waals surface area (Å²) in [6.45, 7) is 4.42. The average molecular weight is 366 g/mol. The van der Waals surface area contributed by atoms with Gasteiger partial charge in [-0.25, -0.2) is 0 Å². The third kappa shape index (κ3) is 2.29. The molecule has 0 radical (unpaired) electrons. The van der Waals surface area contributed by atoms with Gasteiger partial charge in [0.25, 0.3) is 0 Å². The molecule has 1 heterocycles. The zero-order chi connectivity index (χ0) is 11.9. The maximum absolute atomic E-state index is 12.4. The third-order valence-corrected chi connectivity index (χ3v) is 6.73. The number of hydrogen-bond acceptors (Lipinski definition) is 2. The first-order chi connectivity index (χ1) is 7.42. The standard InChI is InChI=1S/C12H14Br2OS/c1-12(2)5-3-4-7(12)10(15)9-6-8(13)11(14)16-9/h6-7H,3-5H2,1-2H3. The number of ketones is 1. The topological polar surface area (TPSA) is 17.1 Å². The maximum Gasteiger partial charge on any atom is 0.176 e. The molecule has 16 heavy (non-hydrogen) atoms. The fourth-order valence-corrected chi connectivity index (χ4v) is 4.48. The second-order valence-electron chi connectivity index (χ2n) is 5.03. The van der Waals surface area contributed by atoms with Crippen LogP contribution >= 0.6 is 43.2 Å². The number of carbonyl (C=O) groups excluding carboxylic acids is 1. The molecule has 0 aliphatic heterocycles. The Balaban J connectivity index is 2.25. The zero-order valence-corrected chi connectivity index (χ0v) is 13.3. The lowest BCUT2D eigenvalue weighted by molar-refractivity contribution is 0.0843. The van der Waals surface area contributed by atoms with E-state index >= 15 is 0 Å². The molecule has 0 amide bonds. The molecular formula is C12H14Br2OS. The van der Waals surface area contributed by atoms with E-state index in [9.17, 15) is 4.79 Å². The van der Waals surface area contributed by atoms with Gasteiger partial charge in [0.1, 0.15) is 0 Å². The van der Waals surface area contributed by atoms with Gasteiger partial charge in [0, 0.05) is 10.4 Å². The van der Waals surface area contributed by atoms with Crippen molar-refractivity contribution in [2.75, 3.05) is 0 Å². The van der Waals surface area contributed by atoms with E-state index in [1.165, 1.54) is 17.8 Å². The van der Waals surface area contributed by atoms with E-state index in [-0.39, 0.29) is 11.3 Å². The van der Waals surface area contributed by atoms with Crippen LogP contribution in [-0.4, -0.2) is 5.78 Å². The minimum atomic E-state index is 0.167. The largest absolute Gasteiger partial charge is 0.293 e. The molecule has 4 heteroatoms. The minimum absolute atomic E-state index is 0.167. The fourth-order valence-electron chi connectivity index (χ4n) is 2.45. The Morgan fingerprint density at radius 3 is 2.62 bits per heavy atom. The van der Waals surface area contributed by atoms with Crippen LogP contribution in [0.25, 0.3) is 0 Å². The smallest absolute Gasteiger partial charge is 0.176 e. The Bertz CT molecular complexity index is 403. The minimum Gasteiger partial charge on any atom is -0.293 e. The van der Waals surface area contributed by atoms with Crippen molar-refractivity contribution in [1.82, 2.24) is 0 Å². The lowest BCUT2D eigenvalue weighted by Crippen LogP contribution is -2.25. The van der Waals surface area contributed by atoms with Crippen LogP contribution in [-0.2, 0) is 0 Å². The first kappa shape index (κ1) is 12.8. The molecule has 1 fully saturated rings. The average Bonchev–Trinajstić information content (AvgIpc) is 2.70. The predicted octanol–water partition coefficient (Wildman–Crippen LogP) is 5.28. The number of halogens is 2. The van der Waals surface area contributed by atoms with E-state index < -0.39 is 0 Å². The van der Waals surface area contributed by atoms with Gasteiger partial charge in [0.05, 0.1) is 8.66 Å². The predicted molar refractivity (Wildman–Crippen MR) is 75.2 cm³/mol. The first-order valence-electron chi connectivity index (χ1n) is 5.41. The zero-order valence-electron chi connectivity index (χ0n) is 9.35. The normalized spacial score (nSPS) is 23.6. The van der Waals surface area contributed by atoms with E-state index in [4.69, 9.17) is 0 Å². The Kier molecular flexibility index (Phi) is 3.63. The Hall–Kier alpha value is 0.330. The number of hydrogen-bond donors (Lipinski definition) is 0. The molecule has 1 nitrogen and oxygen atoms in total. The van der Waals surface area contributed by atoms with Gasteiger partial charge in [-0.1, -0.05) is 20.3 Å². The molecule has 0 bridgehead atoms. The van der Waals surface area contributed by atoms with Crippen molar-refractivity contribution >= 4 is 49.0 Å². The van der Waals surface area contributed by atoms with Gasteiger partial charge in [0.2, 0.25) is 0 Å².